The van der Waals surface area contributed by atoms with Crippen LogP contribution in [0.15, 0.2) is 40.6 Å². The third-order valence-electron chi connectivity index (χ3n) is 5.34. The van der Waals surface area contributed by atoms with Gasteiger partial charge in [-0.15, -0.1) is 0 Å². The quantitative estimate of drug-likeness (QED) is 0.654. The second-order valence-electron chi connectivity index (χ2n) is 7.12. The number of aliphatic imine (C=N–C) groups is 1. The van der Waals surface area contributed by atoms with Crippen molar-refractivity contribution >= 4 is 23.7 Å². The summed E-state index contributed by atoms with van der Waals surface area (Å²) in [7, 11) is 1.44. The van der Waals surface area contributed by atoms with Crippen molar-refractivity contribution in [2.75, 3.05) is 7.11 Å². The van der Waals surface area contributed by atoms with Crippen LogP contribution in [0.4, 0.5) is 0 Å². The van der Waals surface area contributed by atoms with Gasteiger partial charge < -0.3 is 29.5 Å². The number of ether oxygens (including phenoxy) is 1. The number of aliphatic hydroxyl groups excluding tert-OH is 3. The van der Waals surface area contributed by atoms with Crippen molar-refractivity contribution in [2.24, 2.45) is 10.1 Å². The van der Waals surface area contributed by atoms with E-state index in [1.54, 1.807) is 41.2 Å². The Morgan fingerprint density at radius 2 is 2.10 bits per heavy atom. The van der Waals surface area contributed by atoms with Gasteiger partial charge in [0.2, 0.25) is 0 Å². The molecule has 0 amide bonds. The van der Waals surface area contributed by atoms with Crippen molar-refractivity contribution in [1.29, 1.82) is 0 Å². The third kappa shape index (κ3) is 3.47. The maximum absolute atomic E-state index is 10.8. The normalized spacial score (nSPS) is 28.6. The second kappa shape index (κ2) is 7.89. The summed E-state index contributed by atoms with van der Waals surface area (Å²) < 4.78 is 7.66. The van der Waals surface area contributed by atoms with Crippen LogP contribution in [0.5, 0.6) is 0 Å². The fraction of sp³-hybridized carbons (Fsp3) is 0.400. The van der Waals surface area contributed by atoms with Crippen molar-refractivity contribution in [3.8, 4) is 0 Å². The smallest absolute Gasteiger partial charge is 0.200 e. The number of nitrogens with zero attached hydrogens (tertiary/aromatic N) is 3. The van der Waals surface area contributed by atoms with Crippen molar-refractivity contribution in [2.45, 2.75) is 44.0 Å². The van der Waals surface area contributed by atoms with Gasteiger partial charge in [-0.1, -0.05) is 28.9 Å². The van der Waals surface area contributed by atoms with Crippen molar-refractivity contribution < 1.29 is 24.9 Å². The van der Waals surface area contributed by atoms with Crippen LogP contribution in [0.2, 0.25) is 5.02 Å². The predicted octanol–water partition coefficient (Wildman–Crippen LogP) is 1.74. The van der Waals surface area contributed by atoms with Crippen LogP contribution in [-0.4, -0.2) is 57.4 Å². The molecule has 1 saturated heterocycles. The SMILES string of the molecule is CO/N=C1\N=CCc2c1ccn2[C@@H]1O[C@H]([C@H](O)c2ccc(C)c(Cl)c2)[C@@H](O)[C@H]1O. The molecule has 0 aliphatic carbocycles. The molecule has 1 fully saturated rings. The molecule has 5 atom stereocenters. The second-order valence-corrected chi connectivity index (χ2v) is 7.53. The Hall–Kier alpha value is -2.23. The van der Waals surface area contributed by atoms with E-state index in [0.29, 0.717) is 22.8 Å². The molecule has 2 aromatic rings. The van der Waals surface area contributed by atoms with Gasteiger partial charge in [0.1, 0.15) is 31.5 Å². The van der Waals surface area contributed by atoms with Crippen LogP contribution < -0.4 is 0 Å². The summed E-state index contributed by atoms with van der Waals surface area (Å²) in [5.41, 5.74) is 2.96. The number of oxime groups is 1. The summed E-state index contributed by atoms with van der Waals surface area (Å²) in [6, 6.07) is 6.95. The highest BCUT2D eigenvalue weighted by molar-refractivity contribution is 6.31. The molecule has 1 aromatic carbocycles. The summed E-state index contributed by atoms with van der Waals surface area (Å²) in [4.78, 5) is 9.04. The number of hydrogen-bond acceptors (Lipinski definition) is 6. The zero-order valence-electron chi connectivity index (χ0n) is 15.9. The maximum Gasteiger partial charge on any atom is 0.200 e. The first kappa shape index (κ1) is 20.1. The Morgan fingerprint density at radius 3 is 2.83 bits per heavy atom. The standard InChI is InChI=1S/C20H22ClN3O5/c1-10-3-4-11(9-13(10)21)15(25)18-16(26)17(27)20(29-18)24-8-6-12-14(24)5-7-22-19(12)23-28-2/h3-4,6-9,15-18,20,25-27H,5H2,1-2H3/b23-19-/t15-,16+,17-,18-,20-/m1/s1. The molecule has 9 heteroatoms. The van der Waals surface area contributed by atoms with Gasteiger partial charge in [0.15, 0.2) is 12.1 Å². The lowest BCUT2D eigenvalue weighted by atomic mass is 9.98. The Kier molecular flexibility index (Phi) is 5.46. The Bertz CT molecular complexity index is 973. The molecular formula is C20H22ClN3O5. The van der Waals surface area contributed by atoms with Gasteiger partial charge in [-0.3, -0.25) is 0 Å². The van der Waals surface area contributed by atoms with E-state index in [9.17, 15) is 15.3 Å². The first-order valence-corrected chi connectivity index (χ1v) is 9.59. The Labute approximate surface area is 172 Å². The topological polar surface area (TPSA) is 109 Å². The molecule has 0 bridgehead atoms. The van der Waals surface area contributed by atoms with E-state index in [2.05, 4.69) is 10.1 Å². The highest BCUT2D eigenvalue weighted by atomic mass is 35.5. The number of amidine groups is 1. The molecule has 0 unspecified atom stereocenters. The molecule has 154 valence electrons. The summed E-state index contributed by atoms with van der Waals surface area (Å²) in [6.45, 7) is 1.86. The lowest BCUT2D eigenvalue weighted by Gasteiger charge is -2.22. The van der Waals surface area contributed by atoms with Crippen molar-refractivity contribution in [3.63, 3.8) is 0 Å². The highest BCUT2D eigenvalue weighted by Crippen LogP contribution is 2.38. The largest absolute Gasteiger partial charge is 0.397 e. The summed E-state index contributed by atoms with van der Waals surface area (Å²) in [6.07, 6.45) is -1.61. The van der Waals surface area contributed by atoms with Gasteiger partial charge >= 0.3 is 0 Å². The van der Waals surface area contributed by atoms with E-state index in [1.165, 1.54) is 7.11 Å². The molecule has 2 aliphatic heterocycles. The number of rotatable bonds is 4. The molecule has 0 saturated carbocycles. The number of halogens is 1. The van der Waals surface area contributed by atoms with Crippen LogP contribution in [0, 0.1) is 6.92 Å². The first-order chi connectivity index (χ1) is 13.9. The molecule has 2 aliphatic rings. The van der Waals surface area contributed by atoms with E-state index in [1.807, 2.05) is 6.92 Å². The minimum Gasteiger partial charge on any atom is -0.397 e. The van der Waals surface area contributed by atoms with Gasteiger partial charge in [0, 0.05) is 35.1 Å². The van der Waals surface area contributed by atoms with E-state index in [-0.39, 0.29) is 0 Å². The Morgan fingerprint density at radius 1 is 1.31 bits per heavy atom. The van der Waals surface area contributed by atoms with Gasteiger partial charge in [-0.25, -0.2) is 4.99 Å². The monoisotopic (exact) mass is 419 g/mol. The lowest BCUT2D eigenvalue weighted by Crippen LogP contribution is -2.35. The molecular weight excluding hydrogens is 398 g/mol. The van der Waals surface area contributed by atoms with E-state index < -0.39 is 30.6 Å². The van der Waals surface area contributed by atoms with Crippen LogP contribution >= 0.6 is 11.6 Å². The Balaban J connectivity index is 1.62. The fourth-order valence-corrected chi connectivity index (χ4v) is 3.93. The summed E-state index contributed by atoms with van der Waals surface area (Å²) in [5.74, 6) is 0.423. The average molecular weight is 420 g/mol. The zero-order valence-corrected chi connectivity index (χ0v) is 16.7. The predicted molar refractivity (Wildman–Crippen MR) is 107 cm³/mol. The van der Waals surface area contributed by atoms with Crippen LogP contribution in [0.1, 0.15) is 34.7 Å². The molecule has 4 rings (SSSR count). The van der Waals surface area contributed by atoms with Crippen LogP contribution in [-0.2, 0) is 16.0 Å². The average Bonchev–Trinajstić information content (AvgIpc) is 3.26. The molecule has 0 radical (unpaired) electrons. The first-order valence-electron chi connectivity index (χ1n) is 9.22. The number of aliphatic hydroxyl groups is 3. The number of benzene rings is 1. The molecule has 3 N–H and O–H groups in total. The number of aromatic nitrogens is 1. The molecule has 8 nitrogen and oxygen atoms in total. The maximum atomic E-state index is 10.8. The molecule has 29 heavy (non-hydrogen) atoms. The van der Waals surface area contributed by atoms with Crippen LogP contribution in [0.3, 0.4) is 0 Å². The van der Waals surface area contributed by atoms with Crippen molar-refractivity contribution in [1.82, 2.24) is 4.57 Å². The molecule has 3 heterocycles. The van der Waals surface area contributed by atoms with Gasteiger partial charge in [-0.05, 0) is 30.2 Å². The van der Waals surface area contributed by atoms with Gasteiger partial charge in [-0.2, -0.15) is 0 Å². The summed E-state index contributed by atoms with van der Waals surface area (Å²) in [5, 5.41) is 36.4. The number of aryl methyl sites for hydroxylation is 1. The van der Waals surface area contributed by atoms with E-state index >= 15 is 0 Å². The minimum atomic E-state index is -1.28. The van der Waals surface area contributed by atoms with E-state index in [0.717, 1.165) is 16.8 Å². The third-order valence-corrected chi connectivity index (χ3v) is 5.75. The lowest BCUT2D eigenvalue weighted by molar-refractivity contribution is -0.0864. The molecule has 1 aromatic heterocycles. The van der Waals surface area contributed by atoms with Gasteiger partial charge in [0.25, 0.3) is 0 Å². The fourth-order valence-electron chi connectivity index (χ4n) is 3.74. The van der Waals surface area contributed by atoms with E-state index in [4.69, 9.17) is 21.2 Å². The van der Waals surface area contributed by atoms with Crippen LogP contribution in [0.25, 0.3) is 0 Å². The zero-order chi connectivity index (χ0) is 20.7. The van der Waals surface area contributed by atoms with Crippen molar-refractivity contribution in [3.05, 3.63) is 57.9 Å². The number of hydrogen-bond donors (Lipinski definition) is 3. The highest BCUT2D eigenvalue weighted by Gasteiger charge is 2.47. The molecule has 0 spiro atoms. The minimum absolute atomic E-state index is 0.423. The van der Waals surface area contributed by atoms with Gasteiger partial charge in [0.05, 0.1) is 0 Å². The summed E-state index contributed by atoms with van der Waals surface area (Å²) >= 11 is 6.16. The number of fused-ring (bicyclic) bond motifs is 1.